The van der Waals surface area contributed by atoms with Gasteiger partial charge in [0.15, 0.2) is 5.16 Å². The fourth-order valence-electron chi connectivity index (χ4n) is 4.73. The van der Waals surface area contributed by atoms with Crippen LogP contribution in [0.15, 0.2) is 66.2 Å². The first-order chi connectivity index (χ1) is 18.4. The summed E-state index contributed by atoms with van der Waals surface area (Å²) in [6.07, 6.45) is 25.4. The molecule has 5 heteroatoms. The molecule has 202 valence electrons. The summed E-state index contributed by atoms with van der Waals surface area (Å²) in [6.45, 7) is 4.09. The second-order valence-electron chi connectivity index (χ2n) is 10.1. The summed E-state index contributed by atoms with van der Waals surface area (Å²) >= 11 is 1.79. The number of nitrogens with one attached hydrogen (secondary N) is 1. The molecule has 1 N–H and O–H groups in total. The molecule has 0 spiro atoms. The zero-order valence-electron chi connectivity index (χ0n) is 23.0. The van der Waals surface area contributed by atoms with E-state index in [1.807, 2.05) is 30.7 Å². The molecular weight excluding hydrogens is 472 g/mol. The van der Waals surface area contributed by atoms with Gasteiger partial charge in [-0.3, -0.25) is 4.98 Å². The second kappa shape index (κ2) is 18.9. The number of anilines is 1. The van der Waals surface area contributed by atoms with Crippen LogP contribution in [-0.4, -0.2) is 21.1 Å². The van der Waals surface area contributed by atoms with Crippen LogP contribution in [0.5, 0.6) is 0 Å². The standard InChI is InChI=1S/C32H48N4S/c1-2-3-4-5-6-7-8-9-10-11-12-13-14-18-24-34-31-22-16-15-20-29(31)28-37-32-35-25-26-36(32)27-30-21-17-19-23-33-30/h15-17,19-23,25-26,34H,2-14,18,24,27-28H2,1H3. The molecule has 0 saturated heterocycles. The molecule has 2 aromatic heterocycles. The van der Waals surface area contributed by atoms with Crippen LogP contribution in [0.1, 0.15) is 108 Å². The number of hydrogen-bond donors (Lipinski definition) is 1. The van der Waals surface area contributed by atoms with E-state index >= 15 is 0 Å². The Hall–Kier alpha value is -2.27. The van der Waals surface area contributed by atoms with E-state index in [9.17, 15) is 0 Å². The highest BCUT2D eigenvalue weighted by Gasteiger charge is 2.08. The van der Waals surface area contributed by atoms with Gasteiger partial charge in [-0.2, -0.15) is 0 Å². The van der Waals surface area contributed by atoms with Crippen molar-refractivity contribution in [2.45, 2.75) is 114 Å². The fraction of sp³-hybridized carbons (Fsp3) is 0.562. The first kappa shape index (κ1) is 29.3. The predicted molar refractivity (Wildman–Crippen MR) is 160 cm³/mol. The van der Waals surface area contributed by atoms with Crippen LogP contribution in [0.4, 0.5) is 5.69 Å². The molecule has 3 rings (SSSR count). The average Bonchev–Trinajstić information content (AvgIpc) is 3.37. The number of rotatable bonds is 21. The molecular formula is C32H48N4S. The molecule has 0 atom stereocenters. The Morgan fingerprint density at radius 1 is 0.703 bits per heavy atom. The zero-order chi connectivity index (χ0) is 25.8. The number of hydrogen-bond acceptors (Lipinski definition) is 4. The van der Waals surface area contributed by atoms with Crippen molar-refractivity contribution in [3.05, 3.63) is 72.3 Å². The maximum atomic E-state index is 4.58. The lowest BCUT2D eigenvalue weighted by Gasteiger charge is -2.12. The first-order valence-corrected chi connectivity index (χ1v) is 15.7. The Bertz CT molecular complexity index is 956. The lowest BCUT2D eigenvalue weighted by molar-refractivity contribution is 0.537. The van der Waals surface area contributed by atoms with E-state index in [0.29, 0.717) is 0 Å². The maximum Gasteiger partial charge on any atom is 0.168 e. The largest absolute Gasteiger partial charge is 0.385 e. The van der Waals surface area contributed by atoms with Gasteiger partial charge in [-0.25, -0.2) is 4.98 Å². The topological polar surface area (TPSA) is 42.7 Å². The number of imidazole rings is 1. The van der Waals surface area contributed by atoms with Crippen LogP contribution in [0, 0.1) is 0 Å². The third-order valence-corrected chi connectivity index (χ3v) is 8.01. The molecule has 0 aliphatic heterocycles. The minimum Gasteiger partial charge on any atom is -0.385 e. The van der Waals surface area contributed by atoms with Crippen molar-refractivity contribution in [2.75, 3.05) is 11.9 Å². The van der Waals surface area contributed by atoms with Crippen LogP contribution in [0.2, 0.25) is 0 Å². The van der Waals surface area contributed by atoms with Crippen LogP contribution in [-0.2, 0) is 12.3 Å². The van der Waals surface area contributed by atoms with Gasteiger partial charge in [0, 0.05) is 36.6 Å². The molecule has 2 heterocycles. The number of benzene rings is 1. The van der Waals surface area contributed by atoms with Crippen molar-refractivity contribution >= 4 is 17.4 Å². The maximum absolute atomic E-state index is 4.58. The Morgan fingerprint density at radius 2 is 1.35 bits per heavy atom. The second-order valence-corrected chi connectivity index (χ2v) is 11.1. The molecule has 0 unspecified atom stereocenters. The smallest absolute Gasteiger partial charge is 0.168 e. The van der Waals surface area contributed by atoms with Gasteiger partial charge in [0.2, 0.25) is 0 Å². The van der Waals surface area contributed by atoms with E-state index in [2.05, 4.69) is 57.1 Å². The van der Waals surface area contributed by atoms with E-state index < -0.39 is 0 Å². The summed E-state index contributed by atoms with van der Waals surface area (Å²) < 4.78 is 2.18. The molecule has 4 nitrogen and oxygen atoms in total. The fourth-order valence-corrected chi connectivity index (χ4v) is 5.69. The van der Waals surface area contributed by atoms with Gasteiger partial charge in [0.1, 0.15) is 0 Å². The predicted octanol–water partition coefficient (Wildman–Crippen LogP) is 9.51. The van der Waals surface area contributed by atoms with Crippen LogP contribution < -0.4 is 5.32 Å². The van der Waals surface area contributed by atoms with Crippen LogP contribution in [0.25, 0.3) is 0 Å². The quantitative estimate of drug-likeness (QED) is 0.112. The van der Waals surface area contributed by atoms with Crippen LogP contribution >= 0.6 is 11.8 Å². The third-order valence-electron chi connectivity index (χ3n) is 6.96. The summed E-state index contributed by atoms with van der Waals surface area (Å²) in [5.41, 5.74) is 3.65. The Kier molecular flexibility index (Phi) is 15.0. The number of nitrogens with zero attached hydrogens (tertiary/aromatic N) is 3. The number of unbranched alkanes of at least 4 members (excludes halogenated alkanes) is 13. The van der Waals surface area contributed by atoms with Crippen molar-refractivity contribution in [2.24, 2.45) is 0 Å². The zero-order valence-corrected chi connectivity index (χ0v) is 23.9. The van der Waals surface area contributed by atoms with Crippen molar-refractivity contribution in [1.29, 1.82) is 0 Å². The minimum atomic E-state index is 0.752. The molecule has 0 bridgehead atoms. The lowest BCUT2D eigenvalue weighted by atomic mass is 10.0. The van der Waals surface area contributed by atoms with Crippen molar-refractivity contribution < 1.29 is 0 Å². The Balaban J connectivity index is 1.25. The summed E-state index contributed by atoms with van der Waals surface area (Å²) in [5, 5.41) is 4.73. The van der Waals surface area contributed by atoms with Crippen molar-refractivity contribution in [3.8, 4) is 0 Å². The number of pyridine rings is 1. The van der Waals surface area contributed by atoms with Gasteiger partial charge in [-0.15, -0.1) is 0 Å². The normalized spacial score (nSPS) is 11.2. The van der Waals surface area contributed by atoms with Crippen LogP contribution in [0.3, 0.4) is 0 Å². The molecule has 0 aliphatic carbocycles. The SMILES string of the molecule is CCCCCCCCCCCCCCCCNc1ccccc1CSc1nccn1Cc1ccccn1. The van der Waals surface area contributed by atoms with E-state index in [-0.39, 0.29) is 0 Å². The van der Waals surface area contributed by atoms with E-state index in [4.69, 9.17) is 0 Å². The monoisotopic (exact) mass is 520 g/mol. The summed E-state index contributed by atoms with van der Waals surface area (Å²) in [7, 11) is 0. The summed E-state index contributed by atoms with van der Waals surface area (Å²) in [5.74, 6) is 0.904. The summed E-state index contributed by atoms with van der Waals surface area (Å²) in [4.78, 5) is 9.03. The van der Waals surface area contributed by atoms with E-state index in [1.165, 1.54) is 101 Å². The molecule has 3 aromatic rings. The summed E-state index contributed by atoms with van der Waals surface area (Å²) in [6, 6.07) is 14.7. The van der Waals surface area contributed by atoms with Gasteiger partial charge >= 0.3 is 0 Å². The number of aromatic nitrogens is 3. The molecule has 0 fully saturated rings. The van der Waals surface area contributed by atoms with Crippen molar-refractivity contribution in [1.82, 2.24) is 14.5 Å². The third kappa shape index (κ3) is 12.2. The Labute approximate surface area is 230 Å². The highest BCUT2D eigenvalue weighted by atomic mass is 32.2. The molecule has 0 saturated carbocycles. The number of para-hydroxylation sites is 1. The average molecular weight is 521 g/mol. The van der Waals surface area contributed by atoms with Gasteiger partial charge in [-0.05, 0) is 30.2 Å². The lowest BCUT2D eigenvalue weighted by Crippen LogP contribution is -2.04. The molecule has 0 aliphatic rings. The first-order valence-electron chi connectivity index (χ1n) is 14.7. The molecule has 0 radical (unpaired) electrons. The van der Waals surface area contributed by atoms with Gasteiger partial charge in [0.05, 0.1) is 12.2 Å². The van der Waals surface area contributed by atoms with Gasteiger partial charge in [-0.1, -0.05) is 126 Å². The van der Waals surface area contributed by atoms with Gasteiger partial charge < -0.3 is 9.88 Å². The Morgan fingerprint density at radius 3 is 2.03 bits per heavy atom. The van der Waals surface area contributed by atoms with E-state index in [1.54, 1.807) is 11.8 Å². The van der Waals surface area contributed by atoms with Crippen molar-refractivity contribution in [3.63, 3.8) is 0 Å². The minimum absolute atomic E-state index is 0.752. The molecule has 0 amide bonds. The highest BCUT2D eigenvalue weighted by Crippen LogP contribution is 2.26. The van der Waals surface area contributed by atoms with Gasteiger partial charge in [0.25, 0.3) is 0 Å². The molecule has 1 aromatic carbocycles. The molecule has 37 heavy (non-hydrogen) atoms. The highest BCUT2D eigenvalue weighted by molar-refractivity contribution is 7.98. The number of thioether (sulfide) groups is 1. The van der Waals surface area contributed by atoms with E-state index in [0.717, 1.165) is 29.7 Å².